The molecule has 2 amide bonds. The standard InChI is InChI=1S/C29H25N3O8S/c33-24(17-38-22-9-5-2-6-10-22)30-25-27(34)31-26(29(35)40-16-20-11-13-21(14-12-20)32(36)37)23(18-41-28(25)31)39-15-19-7-3-1-4-8-19/h1-14,25,28H,15-18H2,(H,30,33)/t25-,28-/m0/s1. The van der Waals surface area contributed by atoms with Crippen LogP contribution in [0.4, 0.5) is 5.69 Å². The quantitative estimate of drug-likeness (QED) is 0.157. The first-order chi connectivity index (χ1) is 19.9. The van der Waals surface area contributed by atoms with E-state index in [2.05, 4.69) is 5.32 Å². The number of rotatable bonds is 11. The topological polar surface area (TPSA) is 137 Å². The number of thioether (sulfide) groups is 1. The van der Waals surface area contributed by atoms with E-state index in [1.807, 2.05) is 36.4 Å². The number of nitro groups is 1. The van der Waals surface area contributed by atoms with Crippen LogP contribution < -0.4 is 10.1 Å². The van der Waals surface area contributed by atoms with Gasteiger partial charge in [-0.05, 0) is 35.4 Å². The lowest BCUT2D eigenvalue weighted by Crippen LogP contribution is -2.71. The van der Waals surface area contributed by atoms with Crippen molar-refractivity contribution in [2.24, 2.45) is 0 Å². The first kappa shape index (κ1) is 27.7. The number of β-lactam (4-membered cyclic amide) rings is 1. The van der Waals surface area contributed by atoms with E-state index in [4.69, 9.17) is 14.2 Å². The van der Waals surface area contributed by atoms with Crippen LogP contribution in [0, 0.1) is 10.1 Å². The van der Waals surface area contributed by atoms with E-state index >= 15 is 0 Å². The van der Waals surface area contributed by atoms with E-state index in [0.29, 0.717) is 11.3 Å². The second kappa shape index (κ2) is 12.6. The summed E-state index contributed by atoms with van der Waals surface area (Å²) in [6.45, 7) is -0.251. The van der Waals surface area contributed by atoms with Gasteiger partial charge in [0, 0.05) is 12.1 Å². The third kappa shape index (κ3) is 6.49. The van der Waals surface area contributed by atoms with Crippen molar-refractivity contribution >= 4 is 35.2 Å². The van der Waals surface area contributed by atoms with Crippen LogP contribution in [-0.2, 0) is 37.1 Å². The lowest BCUT2D eigenvalue weighted by atomic mass is 10.0. The summed E-state index contributed by atoms with van der Waals surface area (Å²) in [7, 11) is 0. The van der Waals surface area contributed by atoms with Crippen molar-refractivity contribution in [2.45, 2.75) is 24.6 Å². The molecule has 2 heterocycles. The molecule has 41 heavy (non-hydrogen) atoms. The number of hydrogen-bond donors (Lipinski definition) is 1. The van der Waals surface area contributed by atoms with Gasteiger partial charge in [0.25, 0.3) is 17.5 Å². The Hall–Kier alpha value is -4.84. The number of esters is 1. The lowest BCUT2D eigenvalue weighted by molar-refractivity contribution is -0.384. The Morgan fingerprint density at radius 1 is 0.927 bits per heavy atom. The molecule has 0 aliphatic carbocycles. The minimum atomic E-state index is -0.847. The van der Waals surface area contributed by atoms with Gasteiger partial charge in [-0.3, -0.25) is 24.6 Å². The Kier molecular flexibility index (Phi) is 8.49. The van der Waals surface area contributed by atoms with Crippen LogP contribution in [0.2, 0.25) is 0 Å². The number of fused-ring (bicyclic) bond motifs is 1. The molecule has 0 saturated carbocycles. The Morgan fingerprint density at radius 2 is 1.59 bits per heavy atom. The van der Waals surface area contributed by atoms with E-state index in [0.717, 1.165) is 5.56 Å². The van der Waals surface area contributed by atoms with Gasteiger partial charge in [0.1, 0.15) is 36.1 Å². The highest BCUT2D eigenvalue weighted by atomic mass is 32.2. The van der Waals surface area contributed by atoms with Crippen LogP contribution in [0.1, 0.15) is 11.1 Å². The number of carbonyl (C=O) groups excluding carboxylic acids is 3. The summed E-state index contributed by atoms with van der Waals surface area (Å²) >= 11 is 1.36. The summed E-state index contributed by atoms with van der Waals surface area (Å²) in [5, 5.41) is 13.1. The number of amides is 2. The summed E-state index contributed by atoms with van der Waals surface area (Å²) in [5.41, 5.74) is 1.31. The van der Waals surface area contributed by atoms with Gasteiger partial charge in [-0.1, -0.05) is 48.5 Å². The molecule has 0 radical (unpaired) electrons. The maximum Gasteiger partial charge on any atom is 0.358 e. The minimum absolute atomic E-state index is 0.0253. The largest absolute Gasteiger partial charge is 0.490 e. The lowest BCUT2D eigenvalue weighted by Gasteiger charge is -2.49. The average Bonchev–Trinajstić information content (AvgIpc) is 3.01. The van der Waals surface area contributed by atoms with Crippen LogP contribution in [0.3, 0.4) is 0 Å². The van der Waals surface area contributed by atoms with Crippen molar-refractivity contribution in [3.05, 3.63) is 118 Å². The van der Waals surface area contributed by atoms with E-state index in [1.54, 1.807) is 24.3 Å². The van der Waals surface area contributed by atoms with Gasteiger partial charge in [0.05, 0.1) is 10.7 Å². The molecule has 12 heteroatoms. The fourth-order valence-electron chi connectivity index (χ4n) is 4.25. The second-order valence-corrected chi connectivity index (χ2v) is 10.2. The van der Waals surface area contributed by atoms with E-state index in [9.17, 15) is 24.5 Å². The monoisotopic (exact) mass is 575 g/mol. The molecular weight excluding hydrogens is 550 g/mol. The number of nitrogens with one attached hydrogen (secondary N) is 1. The van der Waals surface area contributed by atoms with Crippen LogP contribution in [0.15, 0.2) is 96.4 Å². The van der Waals surface area contributed by atoms with E-state index in [1.165, 1.54) is 40.9 Å². The molecule has 0 spiro atoms. The molecule has 0 aromatic heterocycles. The number of nitrogens with zero attached hydrogens (tertiary/aromatic N) is 2. The normalized spacial score (nSPS) is 17.7. The average molecular weight is 576 g/mol. The fourth-order valence-corrected chi connectivity index (χ4v) is 5.53. The molecule has 1 N–H and O–H groups in total. The minimum Gasteiger partial charge on any atom is -0.490 e. The molecule has 2 aliphatic heterocycles. The Balaban J connectivity index is 1.28. The molecule has 2 aliphatic rings. The third-order valence-corrected chi connectivity index (χ3v) is 7.58. The Bertz CT molecular complexity index is 1460. The second-order valence-electron chi connectivity index (χ2n) is 9.10. The first-order valence-electron chi connectivity index (χ1n) is 12.6. The van der Waals surface area contributed by atoms with Crippen molar-refractivity contribution in [3.63, 3.8) is 0 Å². The summed E-state index contributed by atoms with van der Waals surface area (Å²) in [4.78, 5) is 50.7. The number of benzene rings is 3. The van der Waals surface area contributed by atoms with Crippen LogP contribution >= 0.6 is 11.8 Å². The van der Waals surface area contributed by atoms with Crippen molar-refractivity contribution in [1.82, 2.24) is 10.2 Å². The van der Waals surface area contributed by atoms with Gasteiger partial charge in [-0.25, -0.2) is 4.79 Å². The summed E-state index contributed by atoms with van der Waals surface area (Å²) in [5.74, 6) is -0.631. The van der Waals surface area contributed by atoms with Gasteiger partial charge in [-0.15, -0.1) is 11.8 Å². The Labute approximate surface area is 239 Å². The van der Waals surface area contributed by atoms with Crippen LogP contribution in [-0.4, -0.2) is 51.4 Å². The maximum absolute atomic E-state index is 13.3. The Morgan fingerprint density at radius 3 is 2.27 bits per heavy atom. The van der Waals surface area contributed by atoms with Gasteiger partial charge in [0.15, 0.2) is 12.3 Å². The fraction of sp³-hybridized carbons (Fsp3) is 0.207. The third-order valence-electron chi connectivity index (χ3n) is 6.33. The molecule has 0 unspecified atom stereocenters. The van der Waals surface area contributed by atoms with Crippen molar-refractivity contribution in [3.8, 4) is 5.75 Å². The zero-order valence-electron chi connectivity index (χ0n) is 21.6. The zero-order valence-corrected chi connectivity index (χ0v) is 22.5. The number of ether oxygens (including phenoxy) is 3. The molecule has 3 aromatic rings. The highest BCUT2D eigenvalue weighted by molar-refractivity contribution is 8.00. The first-order valence-corrected chi connectivity index (χ1v) is 13.7. The smallest absolute Gasteiger partial charge is 0.358 e. The molecule has 5 rings (SSSR count). The van der Waals surface area contributed by atoms with E-state index in [-0.39, 0.29) is 42.7 Å². The number of hydrogen-bond acceptors (Lipinski definition) is 9. The van der Waals surface area contributed by atoms with Gasteiger partial charge in [0.2, 0.25) is 0 Å². The van der Waals surface area contributed by atoms with Crippen LogP contribution in [0.25, 0.3) is 0 Å². The SMILES string of the molecule is O=C(COc1ccccc1)N[C@H]1C(=O)N2C(C(=O)OCc3ccc([N+](=O)[O-])cc3)=C(OCc3ccccc3)CS[C@@H]12. The molecule has 0 bridgehead atoms. The molecule has 11 nitrogen and oxygen atoms in total. The van der Waals surface area contributed by atoms with Gasteiger partial charge < -0.3 is 19.5 Å². The highest BCUT2D eigenvalue weighted by Crippen LogP contribution is 2.41. The maximum atomic E-state index is 13.3. The highest BCUT2D eigenvalue weighted by Gasteiger charge is 2.55. The predicted octanol–water partition coefficient (Wildman–Crippen LogP) is 3.55. The molecule has 1 saturated heterocycles. The van der Waals surface area contributed by atoms with Gasteiger partial charge >= 0.3 is 5.97 Å². The molecule has 210 valence electrons. The van der Waals surface area contributed by atoms with Gasteiger partial charge in [-0.2, -0.15) is 0 Å². The molecule has 1 fully saturated rings. The number of nitro benzene ring substituents is 1. The predicted molar refractivity (Wildman–Crippen MR) is 148 cm³/mol. The number of non-ortho nitro benzene ring substituents is 1. The summed E-state index contributed by atoms with van der Waals surface area (Å²) < 4.78 is 17.0. The molecular formula is C29H25N3O8S. The zero-order chi connectivity index (χ0) is 28.8. The molecule has 3 aromatic carbocycles. The summed E-state index contributed by atoms with van der Waals surface area (Å²) in [6.07, 6.45) is 0. The summed E-state index contributed by atoms with van der Waals surface area (Å²) in [6, 6.07) is 23.0. The van der Waals surface area contributed by atoms with Crippen molar-refractivity contribution in [1.29, 1.82) is 0 Å². The molecule has 2 atom stereocenters. The van der Waals surface area contributed by atoms with Crippen molar-refractivity contribution in [2.75, 3.05) is 12.4 Å². The van der Waals surface area contributed by atoms with Crippen LogP contribution in [0.5, 0.6) is 5.75 Å². The number of carbonyl (C=O) groups is 3. The van der Waals surface area contributed by atoms with Crippen molar-refractivity contribution < 1.29 is 33.5 Å². The van der Waals surface area contributed by atoms with E-state index < -0.39 is 34.1 Å². The number of para-hydroxylation sites is 1.